The average Bonchev–Trinajstić information content (AvgIpc) is 2.55. The Hall–Kier alpha value is -1.57. The number of rotatable bonds is 0. The molecular weight excluding hydrogens is 212 g/mol. The summed E-state index contributed by atoms with van der Waals surface area (Å²) in [5.74, 6) is 0.590. The van der Waals surface area contributed by atoms with E-state index in [-0.39, 0.29) is 17.3 Å². The molecule has 2 nitrogen and oxygen atoms in total. The molecule has 0 aromatic rings. The maximum atomic E-state index is 11.6. The molecular formula is C15H16O2. The van der Waals surface area contributed by atoms with Gasteiger partial charge in [-0.2, -0.15) is 0 Å². The van der Waals surface area contributed by atoms with Gasteiger partial charge in [0.2, 0.25) is 0 Å². The van der Waals surface area contributed by atoms with E-state index < -0.39 is 0 Å². The second-order valence-corrected chi connectivity index (χ2v) is 5.35. The monoisotopic (exact) mass is 228 g/mol. The molecule has 0 N–H and O–H groups in total. The second-order valence-electron chi connectivity index (χ2n) is 5.35. The van der Waals surface area contributed by atoms with Gasteiger partial charge in [-0.3, -0.25) is 4.79 Å². The Balaban J connectivity index is 2.10. The highest BCUT2D eigenvalue weighted by atomic mass is 16.5. The zero-order chi connectivity index (χ0) is 12.2. The summed E-state index contributed by atoms with van der Waals surface area (Å²) in [5, 5.41) is 0. The van der Waals surface area contributed by atoms with Gasteiger partial charge in [-0.25, -0.2) is 0 Å². The van der Waals surface area contributed by atoms with Crippen molar-refractivity contribution in [3.63, 3.8) is 0 Å². The minimum Gasteiger partial charge on any atom is -0.426 e. The number of hydrogen-bond donors (Lipinski definition) is 0. The lowest BCUT2D eigenvalue weighted by Crippen LogP contribution is -2.26. The van der Waals surface area contributed by atoms with Crippen LogP contribution in [0.25, 0.3) is 0 Å². The molecule has 0 fully saturated rings. The van der Waals surface area contributed by atoms with Crippen LogP contribution in [0.5, 0.6) is 0 Å². The molecule has 1 aliphatic heterocycles. The first-order valence-corrected chi connectivity index (χ1v) is 6.05. The van der Waals surface area contributed by atoms with E-state index in [1.165, 1.54) is 11.1 Å². The highest BCUT2D eigenvalue weighted by Gasteiger charge is 2.42. The fraction of sp³-hybridized carbons (Fsp3) is 0.400. The molecule has 0 saturated heterocycles. The van der Waals surface area contributed by atoms with Gasteiger partial charge in [0.15, 0.2) is 0 Å². The second kappa shape index (κ2) is 3.22. The number of allylic oxidation sites excluding steroid dienone is 6. The van der Waals surface area contributed by atoms with E-state index in [0.29, 0.717) is 0 Å². The van der Waals surface area contributed by atoms with Crippen molar-refractivity contribution in [1.82, 2.24) is 0 Å². The molecule has 2 atom stereocenters. The van der Waals surface area contributed by atoms with Crippen molar-refractivity contribution in [2.75, 3.05) is 0 Å². The van der Waals surface area contributed by atoms with Gasteiger partial charge in [0, 0.05) is 5.41 Å². The van der Waals surface area contributed by atoms with Crippen LogP contribution >= 0.6 is 0 Å². The van der Waals surface area contributed by atoms with E-state index in [0.717, 1.165) is 17.8 Å². The molecule has 0 saturated carbocycles. The number of hydrogen-bond acceptors (Lipinski definition) is 2. The van der Waals surface area contributed by atoms with Gasteiger partial charge in [-0.15, -0.1) is 0 Å². The SMILES string of the molecule is CC1=CC=CC2=CC3=C(CC12C)C(C)C(=O)O3. The molecule has 2 heteroatoms. The Morgan fingerprint density at radius 1 is 1.47 bits per heavy atom. The molecule has 3 rings (SSSR count). The lowest BCUT2D eigenvalue weighted by Gasteiger charge is -2.37. The average molecular weight is 228 g/mol. The predicted molar refractivity (Wildman–Crippen MR) is 66.0 cm³/mol. The minimum atomic E-state index is -0.111. The van der Waals surface area contributed by atoms with Crippen molar-refractivity contribution < 1.29 is 9.53 Å². The van der Waals surface area contributed by atoms with Crippen LogP contribution in [0.3, 0.4) is 0 Å². The molecule has 0 aromatic heterocycles. The van der Waals surface area contributed by atoms with Gasteiger partial charge in [0.1, 0.15) is 5.76 Å². The first-order chi connectivity index (χ1) is 8.02. The molecule has 2 aliphatic carbocycles. The zero-order valence-corrected chi connectivity index (χ0v) is 10.4. The van der Waals surface area contributed by atoms with Gasteiger partial charge in [0.25, 0.3) is 0 Å². The highest BCUT2D eigenvalue weighted by molar-refractivity contribution is 5.81. The van der Waals surface area contributed by atoms with Gasteiger partial charge in [-0.05, 0) is 37.5 Å². The third-order valence-corrected chi connectivity index (χ3v) is 4.36. The van der Waals surface area contributed by atoms with E-state index in [1.54, 1.807) is 0 Å². The van der Waals surface area contributed by atoms with Crippen LogP contribution in [0.4, 0.5) is 0 Å². The van der Waals surface area contributed by atoms with Crippen molar-refractivity contribution in [2.24, 2.45) is 11.3 Å². The molecule has 0 amide bonds. The third kappa shape index (κ3) is 1.30. The number of carbonyl (C=O) groups is 1. The zero-order valence-electron chi connectivity index (χ0n) is 10.4. The van der Waals surface area contributed by atoms with Crippen LogP contribution in [0.15, 0.2) is 46.8 Å². The van der Waals surface area contributed by atoms with E-state index >= 15 is 0 Å². The lowest BCUT2D eigenvalue weighted by molar-refractivity contribution is -0.139. The Labute approximate surface area is 101 Å². The summed E-state index contributed by atoms with van der Waals surface area (Å²) in [5.41, 5.74) is 3.79. The van der Waals surface area contributed by atoms with Crippen molar-refractivity contribution in [3.8, 4) is 0 Å². The molecule has 2 unspecified atom stereocenters. The first kappa shape index (κ1) is 10.6. The van der Waals surface area contributed by atoms with Crippen LogP contribution < -0.4 is 0 Å². The molecule has 0 radical (unpaired) electrons. The van der Waals surface area contributed by atoms with Crippen LogP contribution in [0, 0.1) is 11.3 Å². The number of esters is 1. The molecule has 0 spiro atoms. The number of carbonyl (C=O) groups excluding carboxylic acids is 1. The number of ether oxygens (including phenoxy) is 1. The topological polar surface area (TPSA) is 26.3 Å². The summed E-state index contributed by atoms with van der Waals surface area (Å²) in [6.45, 7) is 6.34. The Kier molecular flexibility index (Phi) is 2.00. The summed E-state index contributed by atoms with van der Waals surface area (Å²) >= 11 is 0. The summed E-state index contributed by atoms with van der Waals surface area (Å²) in [6.07, 6.45) is 9.27. The highest BCUT2D eigenvalue weighted by Crippen LogP contribution is 2.50. The van der Waals surface area contributed by atoms with Crippen molar-refractivity contribution >= 4 is 5.97 Å². The Morgan fingerprint density at radius 3 is 3.00 bits per heavy atom. The van der Waals surface area contributed by atoms with E-state index in [9.17, 15) is 4.79 Å². The molecule has 3 aliphatic rings. The van der Waals surface area contributed by atoms with Crippen LogP contribution in [0.1, 0.15) is 27.2 Å². The maximum Gasteiger partial charge on any atom is 0.318 e. The summed E-state index contributed by atoms with van der Waals surface area (Å²) in [4.78, 5) is 11.6. The molecule has 17 heavy (non-hydrogen) atoms. The van der Waals surface area contributed by atoms with Gasteiger partial charge in [0.05, 0.1) is 5.92 Å². The van der Waals surface area contributed by atoms with E-state index in [1.807, 2.05) is 13.0 Å². The number of fused-ring (bicyclic) bond motifs is 1. The molecule has 1 heterocycles. The summed E-state index contributed by atoms with van der Waals surface area (Å²) < 4.78 is 5.32. The van der Waals surface area contributed by atoms with Crippen molar-refractivity contribution in [1.29, 1.82) is 0 Å². The van der Waals surface area contributed by atoms with Crippen LogP contribution in [0.2, 0.25) is 0 Å². The fourth-order valence-corrected chi connectivity index (χ4v) is 2.84. The van der Waals surface area contributed by atoms with Crippen molar-refractivity contribution in [2.45, 2.75) is 27.2 Å². The maximum absolute atomic E-state index is 11.6. The summed E-state index contributed by atoms with van der Waals surface area (Å²) in [6, 6.07) is 0. The lowest BCUT2D eigenvalue weighted by atomic mass is 9.66. The summed E-state index contributed by atoms with van der Waals surface area (Å²) in [7, 11) is 0. The smallest absolute Gasteiger partial charge is 0.318 e. The predicted octanol–water partition coefficient (Wildman–Crippen LogP) is 3.29. The minimum absolute atomic E-state index is 0.0375. The van der Waals surface area contributed by atoms with Gasteiger partial charge < -0.3 is 4.74 Å². The largest absolute Gasteiger partial charge is 0.426 e. The van der Waals surface area contributed by atoms with Gasteiger partial charge >= 0.3 is 5.97 Å². The standard InChI is InChI=1S/C15H16O2/c1-9-5-4-6-11-7-13-12(8-15(9,11)3)10(2)14(16)17-13/h4-7,10H,8H2,1-3H3. The first-order valence-electron chi connectivity index (χ1n) is 6.05. The fourth-order valence-electron chi connectivity index (χ4n) is 2.84. The molecule has 0 aromatic carbocycles. The Bertz CT molecular complexity index is 531. The normalized spacial score (nSPS) is 35.0. The van der Waals surface area contributed by atoms with Crippen LogP contribution in [-0.4, -0.2) is 5.97 Å². The van der Waals surface area contributed by atoms with Crippen LogP contribution in [-0.2, 0) is 9.53 Å². The molecule has 0 bridgehead atoms. The van der Waals surface area contributed by atoms with Crippen molar-refractivity contribution in [3.05, 3.63) is 46.8 Å². The van der Waals surface area contributed by atoms with E-state index in [4.69, 9.17) is 4.74 Å². The third-order valence-electron chi connectivity index (χ3n) is 4.36. The van der Waals surface area contributed by atoms with Gasteiger partial charge in [-0.1, -0.05) is 30.7 Å². The quantitative estimate of drug-likeness (QED) is 0.595. The Morgan fingerprint density at radius 2 is 2.24 bits per heavy atom. The van der Waals surface area contributed by atoms with E-state index in [2.05, 4.69) is 32.1 Å². The molecule has 88 valence electrons.